The Morgan fingerprint density at radius 2 is 2.00 bits per heavy atom. The maximum Gasteiger partial charge on any atom is 0.121 e. The van der Waals surface area contributed by atoms with E-state index in [1.807, 2.05) is 6.07 Å². The number of hydrogen-bond acceptors (Lipinski definition) is 2. The standard InChI is InChI=1S/C16H23NO/c1-13-10-14(2)16(8-9-18)17(11-13)12-15-6-4-3-5-7-15/h3-7,9,13-14,16H,8,10-12H2,1-2H3/t13-,14?,16?/m0/s1. The number of carbonyl (C=O) groups is 1. The Balaban J connectivity index is 2.09. The van der Waals surface area contributed by atoms with Gasteiger partial charge in [0.2, 0.25) is 0 Å². The first-order chi connectivity index (χ1) is 8.70. The third-order valence-corrected chi connectivity index (χ3v) is 4.01. The molecule has 3 atom stereocenters. The van der Waals surface area contributed by atoms with Crippen molar-refractivity contribution in [1.29, 1.82) is 0 Å². The Morgan fingerprint density at radius 1 is 1.28 bits per heavy atom. The van der Waals surface area contributed by atoms with Gasteiger partial charge in [-0.15, -0.1) is 0 Å². The predicted octanol–water partition coefficient (Wildman–Crippen LogP) is 3.12. The van der Waals surface area contributed by atoms with E-state index in [0.717, 1.165) is 25.3 Å². The minimum Gasteiger partial charge on any atom is -0.303 e. The minimum atomic E-state index is 0.416. The predicted molar refractivity (Wildman–Crippen MR) is 74.3 cm³/mol. The van der Waals surface area contributed by atoms with Crippen LogP contribution in [0.1, 0.15) is 32.3 Å². The Kier molecular flexibility index (Phi) is 4.54. The molecule has 2 unspecified atom stereocenters. The van der Waals surface area contributed by atoms with E-state index in [1.165, 1.54) is 12.0 Å². The molecule has 1 saturated heterocycles. The van der Waals surface area contributed by atoms with Crippen LogP contribution in [0.25, 0.3) is 0 Å². The van der Waals surface area contributed by atoms with Gasteiger partial charge in [0, 0.05) is 25.6 Å². The van der Waals surface area contributed by atoms with Crippen molar-refractivity contribution in [1.82, 2.24) is 4.90 Å². The molecule has 2 rings (SSSR count). The second kappa shape index (κ2) is 6.14. The van der Waals surface area contributed by atoms with Crippen LogP contribution >= 0.6 is 0 Å². The lowest BCUT2D eigenvalue weighted by atomic mass is 9.83. The number of benzene rings is 1. The highest BCUT2D eigenvalue weighted by Crippen LogP contribution is 2.29. The van der Waals surface area contributed by atoms with Crippen LogP contribution in [0.2, 0.25) is 0 Å². The molecule has 18 heavy (non-hydrogen) atoms. The monoisotopic (exact) mass is 245 g/mol. The fraction of sp³-hybridized carbons (Fsp3) is 0.562. The van der Waals surface area contributed by atoms with Crippen LogP contribution < -0.4 is 0 Å². The summed E-state index contributed by atoms with van der Waals surface area (Å²) >= 11 is 0. The van der Waals surface area contributed by atoms with Gasteiger partial charge in [-0.2, -0.15) is 0 Å². The summed E-state index contributed by atoms with van der Waals surface area (Å²) in [6.07, 6.45) is 2.99. The van der Waals surface area contributed by atoms with Crippen molar-refractivity contribution in [2.45, 2.75) is 39.3 Å². The molecule has 2 nitrogen and oxygen atoms in total. The van der Waals surface area contributed by atoms with Crippen LogP contribution in [0.15, 0.2) is 30.3 Å². The number of carbonyl (C=O) groups excluding carboxylic acids is 1. The number of rotatable bonds is 4. The number of nitrogens with zero attached hydrogens (tertiary/aromatic N) is 1. The van der Waals surface area contributed by atoms with Gasteiger partial charge in [-0.1, -0.05) is 44.2 Å². The molecule has 0 spiro atoms. The van der Waals surface area contributed by atoms with Gasteiger partial charge in [-0.25, -0.2) is 0 Å². The van der Waals surface area contributed by atoms with Crippen molar-refractivity contribution in [3.05, 3.63) is 35.9 Å². The maximum atomic E-state index is 10.9. The first kappa shape index (κ1) is 13.3. The first-order valence-corrected chi connectivity index (χ1v) is 6.92. The molecule has 0 radical (unpaired) electrons. The average molecular weight is 245 g/mol. The van der Waals surface area contributed by atoms with Crippen molar-refractivity contribution in [2.75, 3.05) is 6.54 Å². The van der Waals surface area contributed by atoms with Crippen molar-refractivity contribution in [3.63, 3.8) is 0 Å². The molecule has 1 aliphatic rings. The second-order valence-corrected chi connectivity index (χ2v) is 5.70. The van der Waals surface area contributed by atoms with Gasteiger partial charge in [-0.3, -0.25) is 4.90 Å². The smallest absolute Gasteiger partial charge is 0.121 e. The third-order valence-electron chi connectivity index (χ3n) is 4.01. The van der Waals surface area contributed by atoms with Crippen molar-refractivity contribution < 1.29 is 4.79 Å². The summed E-state index contributed by atoms with van der Waals surface area (Å²) in [5.41, 5.74) is 1.34. The maximum absolute atomic E-state index is 10.9. The van der Waals surface area contributed by atoms with Crippen molar-refractivity contribution in [2.24, 2.45) is 11.8 Å². The van der Waals surface area contributed by atoms with Gasteiger partial charge in [0.25, 0.3) is 0 Å². The minimum absolute atomic E-state index is 0.416. The summed E-state index contributed by atoms with van der Waals surface area (Å²) < 4.78 is 0. The van der Waals surface area contributed by atoms with Gasteiger partial charge in [-0.05, 0) is 23.8 Å². The second-order valence-electron chi connectivity index (χ2n) is 5.70. The average Bonchev–Trinajstić information content (AvgIpc) is 2.35. The Labute approximate surface area is 110 Å². The van der Waals surface area contributed by atoms with Crippen LogP contribution in [0.3, 0.4) is 0 Å². The molecule has 0 aliphatic carbocycles. The van der Waals surface area contributed by atoms with Crippen LogP contribution in [0.4, 0.5) is 0 Å². The fourth-order valence-electron chi connectivity index (χ4n) is 3.24. The molecule has 1 aromatic rings. The molecule has 2 heteroatoms. The van der Waals surface area contributed by atoms with Crippen LogP contribution in [0.5, 0.6) is 0 Å². The number of likely N-dealkylation sites (tertiary alicyclic amines) is 1. The summed E-state index contributed by atoms with van der Waals surface area (Å²) in [6.45, 7) is 6.67. The highest BCUT2D eigenvalue weighted by Gasteiger charge is 2.31. The van der Waals surface area contributed by atoms with E-state index < -0.39 is 0 Å². The van der Waals surface area contributed by atoms with E-state index in [2.05, 4.69) is 43.0 Å². The van der Waals surface area contributed by atoms with Gasteiger partial charge in [0.1, 0.15) is 6.29 Å². The summed E-state index contributed by atoms with van der Waals surface area (Å²) in [5.74, 6) is 1.34. The molecule has 1 fully saturated rings. The number of hydrogen-bond donors (Lipinski definition) is 0. The zero-order valence-electron chi connectivity index (χ0n) is 11.4. The van der Waals surface area contributed by atoms with E-state index in [-0.39, 0.29) is 0 Å². The highest BCUT2D eigenvalue weighted by molar-refractivity contribution is 5.50. The van der Waals surface area contributed by atoms with Gasteiger partial charge in [0.15, 0.2) is 0 Å². The highest BCUT2D eigenvalue weighted by atomic mass is 16.1. The fourth-order valence-corrected chi connectivity index (χ4v) is 3.24. The summed E-state index contributed by atoms with van der Waals surface area (Å²) in [7, 11) is 0. The third kappa shape index (κ3) is 3.20. The molecule has 0 aromatic heterocycles. The van der Waals surface area contributed by atoms with E-state index in [4.69, 9.17) is 0 Å². The Morgan fingerprint density at radius 3 is 2.67 bits per heavy atom. The molecule has 0 bridgehead atoms. The van der Waals surface area contributed by atoms with Crippen LogP contribution in [0, 0.1) is 11.8 Å². The molecular formula is C16H23NO. The Bertz CT molecular complexity index is 376. The van der Waals surface area contributed by atoms with E-state index in [1.54, 1.807) is 0 Å². The topological polar surface area (TPSA) is 20.3 Å². The van der Waals surface area contributed by atoms with Crippen LogP contribution in [-0.2, 0) is 11.3 Å². The zero-order chi connectivity index (χ0) is 13.0. The molecule has 98 valence electrons. The molecular weight excluding hydrogens is 222 g/mol. The molecule has 0 saturated carbocycles. The van der Waals surface area contributed by atoms with Crippen LogP contribution in [-0.4, -0.2) is 23.8 Å². The number of piperidine rings is 1. The van der Waals surface area contributed by atoms with E-state index in [0.29, 0.717) is 18.4 Å². The molecule has 1 heterocycles. The molecule has 1 aliphatic heterocycles. The molecule has 0 N–H and O–H groups in total. The van der Waals surface area contributed by atoms with Crippen molar-refractivity contribution >= 4 is 6.29 Å². The lowest BCUT2D eigenvalue weighted by Gasteiger charge is -2.42. The lowest BCUT2D eigenvalue weighted by molar-refractivity contribution is -0.110. The normalized spacial score (nSPS) is 29.1. The van der Waals surface area contributed by atoms with Crippen molar-refractivity contribution in [3.8, 4) is 0 Å². The summed E-state index contributed by atoms with van der Waals surface area (Å²) in [6, 6.07) is 11.0. The number of aldehydes is 1. The summed E-state index contributed by atoms with van der Waals surface area (Å²) in [4.78, 5) is 13.4. The molecule has 1 aromatic carbocycles. The first-order valence-electron chi connectivity index (χ1n) is 6.92. The SMILES string of the molecule is CC1C[C@H](C)CN(Cc2ccccc2)C1CC=O. The zero-order valence-corrected chi connectivity index (χ0v) is 11.4. The van der Waals surface area contributed by atoms with E-state index in [9.17, 15) is 4.79 Å². The summed E-state index contributed by atoms with van der Waals surface area (Å²) in [5, 5.41) is 0. The van der Waals surface area contributed by atoms with Gasteiger partial charge < -0.3 is 4.79 Å². The van der Waals surface area contributed by atoms with E-state index >= 15 is 0 Å². The Hall–Kier alpha value is -1.15. The molecule has 0 amide bonds. The lowest BCUT2D eigenvalue weighted by Crippen LogP contribution is -2.47. The van der Waals surface area contributed by atoms with Gasteiger partial charge >= 0.3 is 0 Å². The largest absolute Gasteiger partial charge is 0.303 e. The van der Waals surface area contributed by atoms with Gasteiger partial charge in [0.05, 0.1) is 0 Å². The quantitative estimate of drug-likeness (QED) is 0.760.